The topological polar surface area (TPSA) is 43.4 Å². The Morgan fingerprint density at radius 3 is 2.62 bits per heavy atom. The average molecular weight is 379 g/mol. The zero-order chi connectivity index (χ0) is 18.7. The van der Waals surface area contributed by atoms with Gasteiger partial charge < -0.3 is 4.74 Å². The van der Waals surface area contributed by atoms with E-state index in [1.807, 2.05) is 0 Å². The third-order valence-corrected chi connectivity index (χ3v) is 9.38. The summed E-state index contributed by atoms with van der Waals surface area (Å²) in [6, 6.07) is 0. The van der Waals surface area contributed by atoms with Crippen LogP contribution in [0.5, 0.6) is 0 Å². The van der Waals surface area contributed by atoms with Crippen LogP contribution in [0.3, 0.4) is 0 Å². The van der Waals surface area contributed by atoms with Crippen LogP contribution >= 0.6 is 11.6 Å². The maximum absolute atomic E-state index is 11.5. The van der Waals surface area contributed by atoms with Crippen LogP contribution in [0.4, 0.5) is 0 Å². The van der Waals surface area contributed by atoms with Gasteiger partial charge in [-0.1, -0.05) is 25.4 Å². The van der Waals surface area contributed by atoms with Gasteiger partial charge >= 0.3 is 5.97 Å². The Kier molecular flexibility index (Phi) is 4.53. The molecule has 0 N–H and O–H groups in total. The molecule has 3 nitrogen and oxygen atoms in total. The molecule has 3 saturated carbocycles. The lowest BCUT2D eigenvalue weighted by Crippen LogP contribution is -2.53. The van der Waals surface area contributed by atoms with Gasteiger partial charge in [0.25, 0.3) is 0 Å². The van der Waals surface area contributed by atoms with Crippen LogP contribution in [-0.2, 0) is 14.3 Å². The molecule has 0 bridgehead atoms. The molecule has 7 atom stereocenters. The highest BCUT2D eigenvalue weighted by molar-refractivity contribution is 6.32. The molecule has 0 aliphatic heterocycles. The van der Waals surface area contributed by atoms with E-state index in [0.29, 0.717) is 29.1 Å². The van der Waals surface area contributed by atoms with E-state index >= 15 is 0 Å². The van der Waals surface area contributed by atoms with Crippen LogP contribution in [0, 0.1) is 34.5 Å². The maximum atomic E-state index is 11.5. The molecule has 0 aromatic carbocycles. The summed E-state index contributed by atoms with van der Waals surface area (Å²) in [4.78, 5) is 22.9. The van der Waals surface area contributed by atoms with Crippen molar-refractivity contribution in [3.63, 3.8) is 0 Å². The first kappa shape index (κ1) is 18.5. The van der Waals surface area contributed by atoms with E-state index in [-0.39, 0.29) is 17.5 Å². The number of allylic oxidation sites excluding steroid dienone is 2. The highest BCUT2D eigenvalue weighted by Crippen LogP contribution is 2.67. The Bertz CT molecular complexity index is 656. The lowest BCUT2D eigenvalue weighted by atomic mass is 9.45. The molecule has 0 amide bonds. The average Bonchev–Trinajstić information content (AvgIpc) is 2.86. The number of aldehydes is 1. The summed E-state index contributed by atoms with van der Waals surface area (Å²) in [5.74, 6) is 2.42. The smallest absolute Gasteiger partial charge is 0.302 e. The molecule has 0 spiro atoms. The molecule has 0 aromatic heterocycles. The highest BCUT2D eigenvalue weighted by Gasteiger charge is 2.59. The van der Waals surface area contributed by atoms with Crippen LogP contribution in [0.2, 0.25) is 0 Å². The van der Waals surface area contributed by atoms with E-state index in [4.69, 9.17) is 16.3 Å². The van der Waals surface area contributed by atoms with E-state index in [1.54, 1.807) is 0 Å². The van der Waals surface area contributed by atoms with Gasteiger partial charge in [-0.2, -0.15) is 0 Å². The molecule has 4 aliphatic carbocycles. The molecule has 0 radical (unpaired) electrons. The standard InChI is InChI=1S/C22H31ClO3/c1-13(25)26-16-6-8-21(2)15(11-16)4-5-17-18(21)7-9-22(3)19(17)10-14(12-24)20(22)23/h12,15-19H,4-11H2,1-3H3. The number of halogens is 1. The summed E-state index contributed by atoms with van der Waals surface area (Å²) in [6.07, 6.45) is 9.92. The van der Waals surface area contributed by atoms with Crippen molar-refractivity contribution in [2.24, 2.45) is 34.5 Å². The van der Waals surface area contributed by atoms with Gasteiger partial charge in [-0.3, -0.25) is 9.59 Å². The fourth-order valence-corrected chi connectivity index (χ4v) is 7.68. The number of ether oxygens (including phenoxy) is 1. The van der Waals surface area contributed by atoms with E-state index in [9.17, 15) is 9.59 Å². The van der Waals surface area contributed by atoms with E-state index in [2.05, 4.69) is 13.8 Å². The maximum Gasteiger partial charge on any atom is 0.302 e. The SMILES string of the molecule is CC(=O)OC1CCC2(C)C(CCC3C4CC(C=O)=C(Cl)C4(C)CCC32)C1. The molecular weight excluding hydrogens is 348 g/mol. The first-order valence-corrected chi connectivity index (χ1v) is 10.7. The normalized spacial score (nSPS) is 47.6. The minimum atomic E-state index is -0.145. The van der Waals surface area contributed by atoms with Crippen molar-refractivity contribution in [3.8, 4) is 0 Å². The number of esters is 1. The number of carbonyl (C=O) groups is 2. The number of hydrogen-bond acceptors (Lipinski definition) is 3. The number of fused-ring (bicyclic) bond motifs is 5. The van der Waals surface area contributed by atoms with Crippen LogP contribution < -0.4 is 0 Å². The highest BCUT2D eigenvalue weighted by atomic mass is 35.5. The molecule has 4 heteroatoms. The Morgan fingerprint density at radius 1 is 1.15 bits per heavy atom. The molecular formula is C22H31ClO3. The molecule has 0 heterocycles. The summed E-state index contributed by atoms with van der Waals surface area (Å²) < 4.78 is 5.55. The summed E-state index contributed by atoms with van der Waals surface area (Å²) in [7, 11) is 0. The van der Waals surface area contributed by atoms with Crippen molar-refractivity contribution in [2.75, 3.05) is 0 Å². The van der Waals surface area contributed by atoms with E-state index < -0.39 is 0 Å². The number of hydrogen-bond donors (Lipinski definition) is 0. The van der Waals surface area contributed by atoms with Gasteiger partial charge in [-0.15, -0.1) is 0 Å². The Hall–Kier alpha value is -0.830. The van der Waals surface area contributed by atoms with Gasteiger partial charge in [0.2, 0.25) is 0 Å². The lowest BCUT2D eigenvalue weighted by Gasteiger charge is -2.60. The van der Waals surface area contributed by atoms with E-state index in [1.165, 1.54) is 26.2 Å². The Morgan fingerprint density at radius 2 is 1.92 bits per heavy atom. The van der Waals surface area contributed by atoms with Crippen molar-refractivity contribution < 1.29 is 14.3 Å². The summed E-state index contributed by atoms with van der Waals surface area (Å²) >= 11 is 6.66. The van der Waals surface area contributed by atoms with Gasteiger partial charge in [0.05, 0.1) is 0 Å². The first-order chi connectivity index (χ1) is 12.3. The zero-order valence-electron chi connectivity index (χ0n) is 16.2. The van der Waals surface area contributed by atoms with E-state index in [0.717, 1.165) is 49.0 Å². The predicted octanol–water partition coefficient (Wildman–Crippen LogP) is 5.26. The molecule has 4 rings (SSSR count). The molecule has 0 aromatic rings. The Labute approximate surface area is 161 Å². The van der Waals surface area contributed by atoms with Crippen molar-refractivity contribution in [1.82, 2.24) is 0 Å². The second kappa shape index (κ2) is 6.36. The lowest BCUT2D eigenvalue weighted by molar-refractivity contribution is -0.158. The number of carbonyl (C=O) groups excluding carboxylic acids is 2. The van der Waals surface area contributed by atoms with Crippen LogP contribution in [0.1, 0.15) is 72.1 Å². The quantitative estimate of drug-likeness (QED) is 0.486. The van der Waals surface area contributed by atoms with Crippen LogP contribution in [-0.4, -0.2) is 18.4 Å². The van der Waals surface area contributed by atoms with Gasteiger partial charge in [0.15, 0.2) is 0 Å². The van der Waals surface area contributed by atoms with Crippen molar-refractivity contribution in [1.29, 1.82) is 0 Å². The van der Waals surface area contributed by atoms with Gasteiger partial charge in [0, 0.05) is 22.9 Å². The third-order valence-electron chi connectivity index (χ3n) is 8.71. The first-order valence-electron chi connectivity index (χ1n) is 10.3. The van der Waals surface area contributed by atoms with Crippen LogP contribution in [0.15, 0.2) is 10.6 Å². The Balaban J connectivity index is 1.56. The fraction of sp³-hybridized carbons (Fsp3) is 0.818. The minimum Gasteiger partial charge on any atom is -0.463 e. The molecule has 144 valence electrons. The molecule has 0 saturated heterocycles. The number of rotatable bonds is 2. The van der Waals surface area contributed by atoms with Gasteiger partial charge in [-0.25, -0.2) is 0 Å². The van der Waals surface area contributed by atoms with Crippen LogP contribution in [0.25, 0.3) is 0 Å². The second-order valence-corrected chi connectivity index (χ2v) is 10.2. The predicted molar refractivity (Wildman–Crippen MR) is 102 cm³/mol. The third kappa shape index (κ3) is 2.60. The summed E-state index contributed by atoms with van der Waals surface area (Å²) in [6.45, 7) is 6.30. The zero-order valence-corrected chi connectivity index (χ0v) is 17.0. The van der Waals surface area contributed by atoms with Crippen molar-refractivity contribution >= 4 is 23.9 Å². The van der Waals surface area contributed by atoms with Gasteiger partial charge in [-0.05, 0) is 80.5 Å². The minimum absolute atomic E-state index is 0.0110. The molecule has 7 unspecified atom stereocenters. The van der Waals surface area contributed by atoms with Crippen molar-refractivity contribution in [2.45, 2.75) is 78.2 Å². The molecule has 26 heavy (non-hydrogen) atoms. The largest absolute Gasteiger partial charge is 0.463 e. The molecule has 4 aliphatic rings. The van der Waals surface area contributed by atoms with Gasteiger partial charge in [0.1, 0.15) is 12.4 Å². The monoisotopic (exact) mass is 378 g/mol. The summed E-state index contributed by atoms with van der Waals surface area (Å²) in [5, 5.41) is 0.849. The summed E-state index contributed by atoms with van der Waals surface area (Å²) in [5.41, 5.74) is 1.21. The van der Waals surface area contributed by atoms with Crippen molar-refractivity contribution in [3.05, 3.63) is 10.6 Å². The fourth-order valence-electron chi connectivity index (χ4n) is 7.32. The molecule has 3 fully saturated rings. The second-order valence-electron chi connectivity index (χ2n) is 9.78.